The van der Waals surface area contributed by atoms with Gasteiger partial charge in [0.15, 0.2) is 6.61 Å². The van der Waals surface area contributed by atoms with Crippen molar-refractivity contribution in [3.05, 3.63) is 45.6 Å². The minimum absolute atomic E-state index is 0.0658. The Hall–Kier alpha value is -2.87. The fourth-order valence-electron chi connectivity index (χ4n) is 3.94. The Labute approximate surface area is 205 Å². The fraction of sp³-hybridized carbons (Fsp3) is 0.409. The van der Waals surface area contributed by atoms with Crippen LogP contribution in [0.15, 0.2) is 23.1 Å². The van der Waals surface area contributed by atoms with E-state index in [4.69, 9.17) is 14.2 Å². The number of benzene rings is 1. The molecule has 35 heavy (non-hydrogen) atoms. The molecule has 4 rings (SSSR count). The zero-order valence-corrected chi connectivity index (χ0v) is 20.4. The van der Waals surface area contributed by atoms with E-state index in [1.165, 1.54) is 18.4 Å². The third-order valence-corrected chi connectivity index (χ3v) is 8.77. The number of aryl methyl sites for hydroxylation is 1. The number of nitrogens with zero attached hydrogens (tertiary/aromatic N) is 1. The van der Waals surface area contributed by atoms with Gasteiger partial charge in [-0.25, -0.2) is 22.4 Å². The van der Waals surface area contributed by atoms with E-state index in [2.05, 4.69) is 5.32 Å². The van der Waals surface area contributed by atoms with Gasteiger partial charge in [0.25, 0.3) is 5.91 Å². The van der Waals surface area contributed by atoms with Gasteiger partial charge in [-0.3, -0.25) is 4.79 Å². The van der Waals surface area contributed by atoms with Gasteiger partial charge in [0.2, 0.25) is 10.0 Å². The molecule has 1 saturated heterocycles. The van der Waals surface area contributed by atoms with Gasteiger partial charge < -0.3 is 19.5 Å². The SMILES string of the molecule is COC(=O)c1c(NC(=O)COC(=O)c2ccc(F)c(S(=O)(=O)N3CCOCC3)c2)sc2c1CCC2. The third kappa shape index (κ3) is 5.22. The van der Waals surface area contributed by atoms with Gasteiger partial charge in [0.05, 0.1) is 31.5 Å². The number of hydrogen-bond acceptors (Lipinski definition) is 9. The first kappa shape index (κ1) is 25.2. The normalized spacial score (nSPS) is 15.9. The Morgan fingerprint density at radius 1 is 1.17 bits per heavy atom. The number of halogens is 1. The zero-order valence-electron chi connectivity index (χ0n) is 18.8. The molecule has 0 spiro atoms. The molecule has 0 radical (unpaired) electrons. The molecule has 13 heteroatoms. The van der Waals surface area contributed by atoms with E-state index in [9.17, 15) is 27.2 Å². The van der Waals surface area contributed by atoms with Crippen molar-refractivity contribution in [1.29, 1.82) is 0 Å². The predicted octanol–water partition coefficient (Wildman–Crippen LogP) is 1.98. The van der Waals surface area contributed by atoms with Gasteiger partial charge >= 0.3 is 11.9 Å². The number of anilines is 1. The lowest BCUT2D eigenvalue weighted by Gasteiger charge is -2.26. The van der Waals surface area contributed by atoms with Gasteiger partial charge in [-0.1, -0.05) is 0 Å². The largest absolute Gasteiger partial charge is 0.465 e. The number of amides is 1. The molecule has 0 unspecified atom stereocenters. The van der Waals surface area contributed by atoms with Gasteiger partial charge in [0, 0.05) is 18.0 Å². The van der Waals surface area contributed by atoms with Crippen LogP contribution in [-0.4, -0.2) is 70.6 Å². The predicted molar refractivity (Wildman–Crippen MR) is 123 cm³/mol. The van der Waals surface area contributed by atoms with Gasteiger partial charge in [0.1, 0.15) is 15.7 Å². The van der Waals surface area contributed by atoms with Crippen LogP contribution < -0.4 is 5.32 Å². The first-order chi connectivity index (χ1) is 16.7. The van der Waals surface area contributed by atoms with Crippen LogP contribution in [0.1, 0.15) is 37.6 Å². The number of hydrogen-bond donors (Lipinski definition) is 1. The number of thiophene rings is 1. The summed E-state index contributed by atoms with van der Waals surface area (Å²) in [6.45, 7) is -0.192. The molecule has 1 aromatic heterocycles. The van der Waals surface area contributed by atoms with Crippen LogP contribution in [0.3, 0.4) is 0 Å². The molecule has 1 aliphatic heterocycles. The lowest BCUT2D eigenvalue weighted by molar-refractivity contribution is -0.119. The summed E-state index contributed by atoms with van der Waals surface area (Å²) in [4.78, 5) is 37.4. The monoisotopic (exact) mass is 526 g/mol. The molecule has 1 fully saturated rings. The first-order valence-corrected chi connectivity index (χ1v) is 13.0. The highest BCUT2D eigenvalue weighted by molar-refractivity contribution is 7.89. The number of morpholine rings is 1. The van der Waals surface area contributed by atoms with Crippen molar-refractivity contribution in [2.75, 3.05) is 45.3 Å². The van der Waals surface area contributed by atoms with Gasteiger partial charge in [-0.05, 0) is 43.0 Å². The van der Waals surface area contributed by atoms with E-state index in [-0.39, 0.29) is 31.9 Å². The molecule has 0 atom stereocenters. The Morgan fingerprint density at radius 2 is 1.91 bits per heavy atom. The summed E-state index contributed by atoms with van der Waals surface area (Å²) in [6.07, 6.45) is 2.43. The van der Waals surface area contributed by atoms with Crippen molar-refractivity contribution in [3.63, 3.8) is 0 Å². The molecular formula is C22H23FN2O8S2. The maximum atomic E-state index is 14.4. The number of carbonyl (C=O) groups excluding carboxylic acids is 3. The number of fused-ring (bicyclic) bond motifs is 1. The number of rotatable bonds is 7. The number of sulfonamides is 1. The van der Waals surface area contributed by atoms with Crippen LogP contribution in [0.25, 0.3) is 0 Å². The molecule has 1 amide bonds. The molecule has 2 aliphatic rings. The van der Waals surface area contributed by atoms with Crippen LogP contribution in [0.5, 0.6) is 0 Å². The average Bonchev–Trinajstić information content (AvgIpc) is 3.43. The Kier molecular flexibility index (Phi) is 7.50. The second kappa shape index (κ2) is 10.4. The molecular weight excluding hydrogens is 503 g/mol. The van der Waals surface area contributed by atoms with E-state index in [1.54, 1.807) is 0 Å². The molecule has 10 nitrogen and oxygen atoms in total. The summed E-state index contributed by atoms with van der Waals surface area (Å²) in [7, 11) is -2.93. The summed E-state index contributed by atoms with van der Waals surface area (Å²) in [5, 5.41) is 2.90. The molecule has 1 aliphatic carbocycles. The van der Waals surface area contributed by atoms with Gasteiger partial charge in [-0.15, -0.1) is 11.3 Å². The van der Waals surface area contributed by atoms with E-state index >= 15 is 0 Å². The second-order valence-electron chi connectivity index (χ2n) is 7.84. The van der Waals surface area contributed by atoms with Crippen molar-refractivity contribution in [2.45, 2.75) is 24.2 Å². The highest BCUT2D eigenvalue weighted by Gasteiger charge is 2.31. The number of nitrogens with one attached hydrogen (secondary N) is 1. The Balaban J connectivity index is 1.44. The highest BCUT2D eigenvalue weighted by atomic mass is 32.2. The summed E-state index contributed by atoms with van der Waals surface area (Å²) < 4.78 is 56.0. The van der Waals surface area contributed by atoms with Crippen molar-refractivity contribution in [2.24, 2.45) is 0 Å². The topological polar surface area (TPSA) is 128 Å². The third-order valence-electron chi connectivity index (χ3n) is 5.65. The Morgan fingerprint density at radius 3 is 2.63 bits per heavy atom. The quantitative estimate of drug-likeness (QED) is 0.543. The van der Waals surface area contributed by atoms with Crippen molar-refractivity contribution in [1.82, 2.24) is 4.31 Å². The maximum absolute atomic E-state index is 14.4. The number of esters is 2. The van der Waals surface area contributed by atoms with Gasteiger partial charge in [-0.2, -0.15) is 4.31 Å². The van der Waals surface area contributed by atoms with E-state index in [0.29, 0.717) is 17.0 Å². The number of carbonyl (C=O) groups is 3. The van der Waals surface area contributed by atoms with E-state index in [0.717, 1.165) is 45.8 Å². The van der Waals surface area contributed by atoms with Crippen LogP contribution in [-0.2, 0) is 41.9 Å². The van der Waals surface area contributed by atoms with E-state index < -0.39 is 45.2 Å². The maximum Gasteiger partial charge on any atom is 0.341 e. The summed E-state index contributed by atoms with van der Waals surface area (Å²) >= 11 is 1.28. The minimum atomic E-state index is -4.19. The lowest BCUT2D eigenvalue weighted by Crippen LogP contribution is -2.41. The van der Waals surface area contributed by atoms with E-state index in [1.807, 2.05) is 0 Å². The molecule has 2 heterocycles. The fourth-order valence-corrected chi connectivity index (χ4v) is 6.73. The zero-order chi connectivity index (χ0) is 25.2. The summed E-state index contributed by atoms with van der Waals surface area (Å²) in [5.41, 5.74) is 0.937. The van der Waals surface area contributed by atoms with Crippen LogP contribution in [0, 0.1) is 5.82 Å². The number of ether oxygens (including phenoxy) is 3. The van der Waals surface area contributed by atoms with Crippen molar-refractivity contribution in [3.8, 4) is 0 Å². The highest BCUT2D eigenvalue weighted by Crippen LogP contribution is 2.39. The molecule has 1 aromatic carbocycles. The first-order valence-electron chi connectivity index (χ1n) is 10.8. The van der Waals surface area contributed by atoms with Crippen LogP contribution in [0.4, 0.5) is 9.39 Å². The molecule has 2 aromatic rings. The number of methoxy groups -OCH3 is 1. The molecule has 1 N–H and O–H groups in total. The standard InChI is InChI=1S/C22H23FN2O8S2/c1-31-22(28)19-14-3-2-4-16(14)34-20(19)24-18(26)12-33-21(27)13-5-6-15(23)17(11-13)35(29,30)25-7-9-32-10-8-25/h5-6,11H,2-4,7-10,12H2,1H3,(H,24,26). The van der Waals surface area contributed by atoms with Crippen LogP contribution >= 0.6 is 11.3 Å². The molecule has 0 bridgehead atoms. The lowest BCUT2D eigenvalue weighted by atomic mass is 10.1. The Bertz CT molecular complexity index is 1270. The summed E-state index contributed by atoms with van der Waals surface area (Å²) in [6, 6.07) is 2.83. The molecule has 0 saturated carbocycles. The van der Waals surface area contributed by atoms with Crippen molar-refractivity contribution < 1.29 is 41.4 Å². The minimum Gasteiger partial charge on any atom is -0.465 e. The van der Waals surface area contributed by atoms with Crippen LogP contribution in [0.2, 0.25) is 0 Å². The van der Waals surface area contributed by atoms with Crippen molar-refractivity contribution >= 4 is 44.2 Å². The smallest absolute Gasteiger partial charge is 0.341 e. The average molecular weight is 527 g/mol. The molecule has 188 valence electrons. The summed E-state index contributed by atoms with van der Waals surface area (Å²) in [5.74, 6) is -3.25. The second-order valence-corrected chi connectivity index (χ2v) is 10.9.